The van der Waals surface area contributed by atoms with Crippen molar-refractivity contribution in [3.63, 3.8) is 0 Å². The van der Waals surface area contributed by atoms with E-state index in [0.29, 0.717) is 6.04 Å². The Morgan fingerprint density at radius 3 is 2.46 bits per heavy atom. The van der Waals surface area contributed by atoms with Crippen LogP contribution < -0.4 is 5.73 Å². The van der Waals surface area contributed by atoms with E-state index in [1.54, 1.807) is 0 Å². The van der Waals surface area contributed by atoms with Gasteiger partial charge in [0.2, 0.25) is 0 Å². The second-order valence-electron chi connectivity index (χ2n) is 4.69. The van der Waals surface area contributed by atoms with Crippen LogP contribution in [0.3, 0.4) is 0 Å². The third-order valence-electron chi connectivity index (χ3n) is 3.73. The Balaban J connectivity index is 1.66. The lowest BCUT2D eigenvalue weighted by atomic mass is 10.0. The summed E-state index contributed by atoms with van der Waals surface area (Å²) in [5, 5.41) is 0. The maximum atomic E-state index is 6.05. The average molecular weight is 182 g/mol. The van der Waals surface area contributed by atoms with Crippen LogP contribution in [0.2, 0.25) is 0 Å². The number of nitrogens with zero attached hydrogens (tertiary/aromatic N) is 1. The van der Waals surface area contributed by atoms with Gasteiger partial charge in [-0.3, -0.25) is 0 Å². The van der Waals surface area contributed by atoms with Crippen LogP contribution in [0.5, 0.6) is 0 Å². The van der Waals surface area contributed by atoms with Gasteiger partial charge in [-0.2, -0.15) is 0 Å². The van der Waals surface area contributed by atoms with Gasteiger partial charge in [0.25, 0.3) is 0 Å². The minimum absolute atomic E-state index is 0.516. The molecule has 13 heavy (non-hydrogen) atoms. The first-order chi connectivity index (χ1) is 6.36. The van der Waals surface area contributed by atoms with E-state index in [4.69, 9.17) is 5.73 Å². The van der Waals surface area contributed by atoms with Crippen molar-refractivity contribution < 1.29 is 0 Å². The number of rotatable bonds is 3. The summed E-state index contributed by atoms with van der Waals surface area (Å²) in [6, 6.07) is 0.516. The summed E-state index contributed by atoms with van der Waals surface area (Å²) in [5.74, 6) is 0.834. The van der Waals surface area contributed by atoms with Crippen molar-refractivity contribution in [1.29, 1.82) is 0 Å². The standard InChI is InChI=1S/C11H22N2/c12-11-5-3-4-10(11)6-9-13-7-1-2-8-13/h10-11H,1-9,12H2. The monoisotopic (exact) mass is 182 g/mol. The largest absolute Gasteiger partial charge is 0.327 e. The number of nitrogens with two attached hydrogens (primary N) is 1. The van der Waals surface area contributed by atoms with Crippen LogP contribution in [0, 0.1) is 5.92 Å². The lowest BCUT2D eigenvalue weighted by Crippen LogP contribution is -2.29. The van der Waals surface area contributed by atoms with Crippen LogP contribution in [0.4, 0.5) is 0 Å². The molecule has 2 N–H and O–H groups in total. The highest BCUT2D eigenvalue weighted by atomic mass is 15.1. The summed E-state index contributed by atoms with van der Waals surface area (Å²) < 4.78 is 0. The first-order valence-electron chi connectivity index (χ1n) is 5.84. The highest BCUT2D eigenvalue weighted by molar-refractivity contribution is 4.81. The van der Waals surface area contributed by atoms with Gasteiger partial charge in [-0.1, -0.05) is 6.42 Å². The van der Waals surface area contributed by atoms with Gasteiger partial charge in [-0.05, 0) is 57.7 Å². The van der Waals surface area contributed by atoms with Crippen LogP contribution in [-0.2, 0) is 0 Å². The highest BCUT2D eigenvalue weighted by Crippen LogP contribution is 2.27. The summed E-state index contributed by atoms with van der Waals surface area (Å²) in [6.07, 6.45) is 8.19. The molecule has 0 spiro atoms. The van der Waals surface area contributed by atoms with Gasteiger partial charge in [0.05, 0.1) is 0 Å². The first kappa shape index (κ1) is 9.47. The molecule has 2 nitrogen and oxygen atoms in total. The molecule has 2 rings (SSSR count). The van der Waals surface area contributed by atoms with Crippen molar-refractivity contribution in [2.24, 2.45) is 11.7 Å². The Hall–Kier alpha value is -0.0800. The van der Waals surface area contributed by atoms with E-state index < -0.39 is 0 Å². The molecule has 1 aliphatic heterocycles. The SMILES string of the molecule is NC1CCCC1CCN1CCCC1. The van der Waals surface area contributed by atoms with E-state index in [9.17, 15) is 0 Å². The van der Waals surface area contributed by atoms with Crippen LogP contribution in [-0.4, -0.2) is 30.6 Å². The molecule has 0 amide bonds. The molecule has 0 aromatic heterocycles. The van der Waals surface area contributed by atoms with Gasteiger partial charge in [0.15, 0.2) is 0 Å². The van der Waals surface area contributed by atoms with Crippen molar-refractivity contribution in [1.82, 2.24) is 4.90 Å². The fourth-order valence-corrected chi connectivity index (χ4v) is 2.78. The van der Waals surface area contributed by atoms with Crippen LogP contribution in [0.15, 0.2) is 0 Å². The fourth-order valence-electron chi connectivity index (χ4n) is 2.78. The Morgan fingerprint density at radius 1 is 1.08 bits per heavy atom. The maximum absolute atomic E-state index is 6.05. The van der Waals surface area contributed by atoms with Crippen LogP contribution >= 0.6 is 0 Å². The zero-order valence-corrected chi connectivity index (χ0v) is 8.54. The second-order valence-corrected chi connectivity index (χ2v) is 4.69. The molecule has 1 saturated carbocycles. The minimum Gasteiger partial charge on any atom is -0.327 e. The summed E-state index contributed by atoms with van der Waals surface area (Å²) in [5.41, 5.74) is 6.05. The third kappa shape index (κ3) is 2.44. The van der Waals surface area contributed by atoms with Gasteiger partial charge in [-0.15, -0.1) is 0 Å². The lowest BCUT2D eigenvalue weighted by Gasteiger charge is -2.20. The molecule has 76 valence electrons. The molecule has 2 heteroatoms. The molecular formula is C11H22N2. The van der Waals surface area contributed by atoms with E-state index >= 15 is 0 Å². The predicted octanol–water partition coefficient (Wildman–Crippen LogP) is 1.60. The van der Waals surface area contributed by atoms with Crippen LogP contribution in [0.1, 0.15) is 38.5 Å². The van der Waals surface area contributed by atoms with Gasteiger partial charge >= 0.3 is 0 Å². The van der Waals surface area contributed by atoms with Crippen molar-refractivity contribution in [2.75, 3.05) is 19.6 Å². The predicted molar refractivity (Wildman–Crippen MR) is 55.6 cm³/mol. The fraction of sp³-hybridized carbons (Fsp3) is 1.00. The molecule has 0 radical (unpaired) electrons. The van der Waals surface area contributed by atoms with Gasteiger partial charge in [-0.25, -0.2) is 0 Å². The van der Waals surface area contributed by atoms with Gasteiger partial charge in [0.1, 0.15) is 0 Å². The quantitative estimate of drug-likeness (QED) is 0.718. The summed E-state index contributed by atoms with van der Waals surface area (Å²) in [4.78, 5) is 2.60. The van der Waals surface area contributed by atoms with Gasteiger partial charge < -0.3 is 10.6 Å². The van der Waals surface area contributed by atoms with E-state index in [2.05, 4.69) is 4.90 Å². The summed E-state index contributed by atoms with van der Waals surface area (Å²) >= 11 is 0. The molecule has 2 fully saturated rings. The third-order valence-corrected chi connectivity index (χ3v) is 3.73. The Kier molecular flexibility index (Phi) is 3.23. The van der Waals surface area contributed by atoms with E-state index in [0.717, 1.165) is 5.92 Å². The summed E-state index contributed by atoms with van der Waals surface area (Å²) in [7, 11) is 0. The normalized spacial score (nSPS) is 35.8. The maximum Gasteiger partial charge on any atom is 0.00676 e. The van der Waals surface area contributed by atoms with Crippen molar-refractivity contribution in [3.8, 4) is 0 Å². The zero-order chi connectivity index (χ0) is 9.10. The number of hydrogen-bond donors (Lipinski definition) is 1. The minimum atomic E-state index is 0.516. The molecule has 1 heterocycles. The Bertz CT molecular complexity index is 152. The molecule has 0 bridgehead atoms. The van der Waals surface area contributed by atoms with Gasteiger partial charge in [0, 0.05) is 6.04 Å². The molecule has 1 saturated heterocycles. The van der Waals surface area contributed by atoms with Crippen molar-refractivity contribution in [2.45, 2.75) is 44.6 Å². The molecule has 2 atom stereocenters. The molecule has 0 aromatic rings. The van der Waals surface area contributed by atoms with E-state index in [1.165, 1.54) is 58.2 Å². The lowest BCUT2D eigenvalue weighted by molar-refractivity contribution is 0.294. The number of hydrogen-bond acceptors (Lipinski definition) is 2. The topological polar surface area (TPSA) is 29.3 Å². The van der Waals surface area contributed by atoms with Crippen molar-refractivity contribution in [3.05, 3.63) is 0 Å². The molecule has 2 aliphatic rings. The first-order valence-corrected chi connectivity index (χ1v) is 5.84. The molecule has 0 aromatic carbocycles. The Morgan fingerprint density at radius 2 is 1.85 bits per heavy atom. The van der Waals surface area contributed by atoms with E-state index in [1.807, 2.05) is 0 Å². The summed E-state index contributed by atoms with van der Waals surface area (Å²) in [6.45, 7) is 3.97. The Labute approximate surface area is 81.5 Å². The highest BCUT2D eigenvalue weighted by Gasteiger charge is 2.24. The molecule has 2 unspecified atom stereocenters. The number of likely N-dealkylation sites (tertiary alicyclic amines) is 1. The second kappa shape index (κ2) is 4.43. The van der Waals surface area contributed by atoms with Crippen LogP contribution in [0.25, 0.3) is 0 Å². The van der Waals surface area contributed by atoms with Crippen molar-refractivity contribution >= 4 is 0 Å². The average Bonchev–Trinajstić information content (AvgIpc) is 2.72. The molecular weight excluding hydrogens is 160 g/mol. The smallest absolute Gasteiger partial charge is 0.00676 e. The van der Waals surface area contributed by atoms with E-state index in [-0.39, 0.29) is 0 Å². The molecule has 1 aliphatic carbocycles. The zero-order valence-electron chi connectivity index (χ0n) is 8.54.